The molecule has 18 heavy (non-hydrogen) atoms. The van der Waals surface area contributed by atoms with Crippen molar-refractivity contribution in [3.63, 3.8) is 0 Å². The molecule has 0 unspecified atom stereocenters. The Morgan fingerprint density at radius 3 is 2.56 bits per heavy atom. The number of amides is 1. The normalized spacial score (nSPS) is 10.3. The summed E-state index contributed by atoms with van der Waals surface area (Å²) in [5, 5.41) is 21.3. The summed E-state index contributed by atoms with van der Waals surface area (Å²) >= 11 is 5.56. The maximum atomic E-state index is 11.7. The lowest BCUT2D eigenvalue weighted by molar-refractivity contribution is 0.0950. The zero-order chi connectivity index (χ0) is 13.4. The van der Waals surface area contributed by atoms with Crippen LogP contribution in [0, 0.1) is 0 Å². The zero-order valence-corrected chi connectivity index (χ0v) is 10.9. The molecule has 0 bridgehead atoms. The number of phenolic OH excluding ortho intramolecular Hbond substituents is 2. The number of unbranched alkanes of at least 4 members (excludes halogenated alkanes) is 3. The molecule has 0 saturated carbocycles. The summed E-state index contributed by atoms with van der Waals surface area (Å²) in [7, 11) is 0. The highest BCUT2D eigenvalue weighted by Crippen LogP contribution is 2.22. The van der Waals surface area contributed by atoms with Crippen LogP contribution in [-0.2, 0) is 0 Å². The van der Waals surface area contributed by atoms with Gasteiger partial charge in [-0.1, -0.05) is 12.8 Å². The second-order valence-electron chi connectivity index (χ2n) is 4.06. The van der Waals surface area contributed by atoms with Crippen LogP contribution in [-0.4, -0.2) is 28.5 Å². The second kappa shape index (κ2) is 7.82. The summed E-state index contributed by atoms with van der Waals surface area (Å²) in [6.07, 6.45) is 3.97. The largest absolute Gasteiger partial charge is 0.508 e. The van der Waals surface area contributed by atoms with E-state index in [4.69, 9.17) is 16.7 Å². The second-order valence-corrected chi connectivity index (χ2v) is 4.44. The van der Waals surface area contributed by atoms with Crippen LogP contribution < -0.4 is 5.32 Å². The molecule has 4 nitrogen and oxygen atoms in total. The highest BCUT2D eigenvalue weighted by atomic mass is 35.5. The predicted octanol–water partition coefficient (Wildman–Crippen LogP) is 2.63. The SMILES string of the molecule is O=C(NCCCCCCCl)c1ccc(O)cc1O. The summed E-state index contributed by atoms with van der Waals surface area (Å²) in [5.41, 5.74) is 0.175. The van der Waals surface area contributed by atoms with E-state index < -0.39 is 0 Å². The molecule has 0 aliphatic carbocycles. The summed E-state index contributed by atoms with van der Waals surface area (Å²) in [4.78, 5) is 11.7. The molecular formula is C13H18ClNO3. The number of phenols is 2. The van der Waals surface area contributed by atoms with Gasteiger partial charge in [-0.15, -0.1) is 11.6 Å². The molecule has 0 aliphatic heterocycles. The lowest BCUT2D eigenvalue weighted by Gasteiger charge is -2.07. The predicted molar refractivity (Wildman–Crippen MR) is 71.3 cm³/mol. The van der Waals surface area contributed by atoms with Crippen LogP contribution in [0.4, 0.5) is 0 Å². The molecule has 0 fully saturated rings. The van der Waals surface area contributed by atoms with Gasteiger partial charge in [-0.05, 0) is 25.0 Å². The van der Waals surface area contributed by atoms with Crippen LogP contribution in [0.15, 0.2) is 18.2 Å². The Hall–Kier alpha value is -1.42. The maximum absolute atomic E-state index is 11.7. The molecule has 100 valence electrons. The molecule has 0 spiro atoms. The number of halogens is 1. The summed E-state index contributed by atoms with van der Waals surface area (Å²) in [5.74, 6) is 0.0675. The maximum Gasteiger partial charge on any atom is 0.255 e. The fourth-order valence-corrected chi connectivity index (χ4v) is 1.77. The van der Waals surface area contributed by atoms with Crippen LogP contribution >= 0.6 is 11.6 Å². The quantitative estimate of drug-likeness (QED) is 0.527. The van der Waals surface area contributed by atoms with Gasteiger partial charge in [0.25, 0.3) is 5.91 Å². The van der Waals surface area contributed by atoms with E-state index in [0.717, 1.165) is 31.7 Å². The van der Waals surface area contributed by atoms with E-state index in [-0.39, 0.29) is 23.0 Å². The van der Waals surface area contributed by atoms with Crippen LogP contribution in [0.3, 0.4) is 0 Å². The molecule has 1 aromatic rings. The number of benzene rings is 1. The van der Waals surface area contributed by atoms with Gasteiger partial charge < -0.3 is 15.5 Å². The van der Waals surface area contributed by atoms with Gasteiger partial charge in [-0.2, -0.15) is 0 Å². The van der Waals surface area contributed by atoms with Crippen molar-refractivity contribution in [2.75, 3.05) is 12.4 Å². The Morgan fingerprint density at radius 1 is 1.17 bits per heavy atom. The number of carbonyl (C=O) groups is 1. The van der Waals surface area contributed by atoms with Crippen molar-refractivity contribution in [1.29, 1.82) is 0 Å². The van der Waals surface area contributed by atoms with Crippen LogP contribution in [0.2, 0.25) is 0 Å². The monoisotopic (exact) mass is 271 g/mol. The first-order chi connectivity index (χ1) is 8.65. The molecule has 1 aromatic carbocycles. The van der Waals surface area contributed by atoms with Gasteiger partial charge in [0.05, 0.1) is 5.56 Å². The van der Waals surface area contributed by atoms with Crippen molar-refractivity contribution >= 4 is 17.5 Å². The van der Waals surface area contributed by atoms with Gasteiger partial charge >= 0.3 is 0 Å². The van der Waals surface area contributed by atoms with Crippen LogP contribution in [0.25, 0.3) is 0 Å². The molecule has 3 N–H and O–H groups in total. The van der Waals surface area contributed by atoms with E-state index in [2.05, 4.69) is 5.32 Å². The zero-order valence-electron chi connectivity index (χ0n) is 10.2. The molecule has 0 radical (unpaired) electrons. The van der Waals surface area contributed by atoms with Gasteiger partial charge in [-0.25, -0.2) is 0 Å². The van der Waals surface area contributed by atoms with Crippen molar-refractivity contribution in [3.8, 4) is 11.5 Å². The minimum absolute atomic E-state index is 0.0647. The fourth-order valence-electron chi connectivity index (χ4n) is 1.58. The standard InChI is InChI=1S/C13H18ClNO3/c14-7-3-1-2-4-8-15-13(18)11-6-5-10(16)9-12(11)17/h5-6,9,16-17H,1-4,7-8H2,(H,15,18). The summed E-state index contributed by atoms with van der Waals surface area (Å²) in [6, 6.07) is 3.91. The van der Waals surface area contributed by atoms with Crippen molar-refractivity contribution in [3.05, 3.63) is 23.8 Å². The molecule has 1 rings (SSSR count). The van der Waals surface area contributed by atoms with E-state index >= 15 is 0 Å². The Kier molecular flexibility index (Phi) is 6.36. The molecule has 0 heterocycles. The Labute approximate surface area is 112 Å². The highest BCUT2D eigenvalue weighted by molar-refractivity contribution is 6.17. The third kappa shape index (κ3) is 4.84. The Morgan fingerprint density at radius 2 is 1.89 bits per heavy atom. The number of alkyl halides is 1. The van der Waals surface area contributed by atoms with Crippen molar-refractivity contribution in [2.45, 2.75) is 25.7 Å². The first-order valence-electron chi connectivity index (χ1n) is 6.01. The molecule has 0 aromatic heterocycles. The van der Waals surface area contributed by atoms with Gasteiger partial charge in [0.15, 0.2) is 0 Å². The molecule has 0 saturated heterocycles. The van der Waals surface area contributed by atoms with E-state index in [9.17, 15) is 9.90 Å². The van der Waals surface area contributed by atoms with E-state index in [0.29, 0.717) is 12.4 Å². The van der Waals surface area contributed by atoms with E-state index in [1.165, 1.54) is 12.1 Å². The first-order valence-corrected chi connectivity index (χ1v) is 6.54. The number of rotatable bonds is 7. The van der Waals surface area contributed by atoms with Gasteiger partial charge in [0, 0.05) is 18.5 Å². The van der Waals surface area contributed by atoms with E-state index in [1.807, 2.05) is 0 Å². The first kappa shape index (κ1) is 14.6. The molecule has 1 amide bonds. The molecule has 0 atom stereocenters. The average molecular weight is 272 g/mol. The lowest BCUT2D eigenvalue weighted by Crippen LogP contribution is -2.24. The molecular weight excluding hydrogens is 254 g/mol. The van der Waals surface area contributed by atoms with Crippen LogP contribution in [0.1, 0.15) is 36.0 Å². The summed E-state index contributed by atoms with van der Waals surface area (Å²) < 4.78 is 0. The Bertz CT molecular complexity index is 396. The minimum Gasteiger partial charge on any atom is -0.508 e. The van der Waals surface area contributed by atoms with Gasteiger partial charge in [-0.3, -0.25) is 4.79 Å². The average Bonchev–Trinajstić information content (AvgIpc) is 2.33. The smallest absolute Gasteiger partial charge is 0.255 e. The Balaban J connectivity index is 2.32. The highest BCUT2D eigenvalue weighted by Gasteiger charge is 2.10. The topological polar surface area (TPSA) is 69.6 Å². The van der Waals surface area contributed by atoms with Crippen molar-refractivity contribution < 1.29 is 15.0 Å². The van der Waals surface area contributed by atoms with Crippen molar-refractivity contribution in [1.82, 2.24) is 5.32 Å². The molecule has 5 heteroatoms. The third-order valence-electron chi connectivity index (χ3n) is 2.57. The summed E-state index contributed by atoms with van der Waals surface area (Å²) in [6.45, 7) is 0.571. The van der Waals surface area contributed by atoms with Crippen molar-refractivity contribution in [2.24, 2.45) is 0 Å². The molecule has 0 aliphatic rings. The minimum atomic E-state index is -0.329. The lowest BCUT2D eigenvalue weighted by atomic mass is 10.1. The number of nitrogens with one attached hydrogen (secondary N) is 1. The number of hydrogen-bond acceptors (Lipinski definition) is 3. The third-order valence-corrected chi connectivity index (χ3v) is 2.84. The number of carbonyl (C=O) groups excluding carboxylic acids is 1. The van der Waals surface area contributed by atoms with Gasteiger partial charge in [0.2, 0.25) is 0 Å². The number of aromatic hydroxyl groups is 2. The van der Waals surface area contributed by atoms with Crippen LogP contribution in [0.5, 0.6) is 11.5 Å². The number of hydrogen-bond donors (Lipinski definition) is 3. The fraction of sp³-hybridized carbons (Fsp3) is 0.462. The van der Waals surface area contributed by atoms with Gasteiger partial charge in [0.1, 0.15) is 11.5 Å². The van der Waals surface area contributed by atoms with E-state index in [1.54, 1.807) is 0 Å².